The van der Waals surface area contributed by atoms with E-state index in [0.29, 0.717) is 12.0 Å². The minimum absolute atomic E-state index is 0.298. The standard InChI is InChI=1S/C15H19NO2/c17-8-7-15(5-6-15)11-16-10-13-9-12-3-1-2-4-14(12)18-13/h1-4,9,16-17H,5-8,10-11H2. The lowest BCUT2D eigenvalue weighted by atomic mass is 10.0. The van der Waals surface area contributed by atoms with Gasteiger partial charge in [0.1, 0.15) is 11.3 Å². The molecule has 3 heteroatoms. The van der Waals surface area contributed by atoms with Crippen LogP contribution in [0.3, 0.4) is 0 Å². The summed E-state index contributed by atoms with van der Waals surface area (Å²) in [4.78, 5) is 0. The van der Waals surface area contributed by atoms with Crippen molar-refractivity contribution in [1.82, 2.24) is 5.32 Å². The van der Waals surface area contributed by atoms with Gasteiger partial charge in [-0.3, -0.25) is 0 Å². The summed E-state index contributed by atoms with van der Waals surface area (Å²) < 4.78 is 5.75. The lowest BCUT2D eigenvalue weighted by Gasteiger charge is -2.13. The molecule has 0 amide bonds. The van der Waals surface area contributed by atoms with Gasteiger partial charge in [0, 0.05) is 18.5 Å². The maximum atomic E-state index is 9.01. The monoisotopic (exact) mass is 245 g/mol. The number of para-hydroxylation sites is 1. The van der Waals surface area contributed by atoms with Crippen molar-refractivity contribution in [2.75, 3.05) is 13.2 Å². The minimum atomic E-state index is 0.298. The lowest BCUT2D eigenvalue weighted by molar-refractivity contribution is 0.244. The number of fused-ring (bicyclic) bond motifs is 1. The van der Waals surface area contributed by atoms with Crippen molar-refractivity contribution in [2.45, 2.75) is 25.8 Å². The maximum Gasteiger partial charge on any atom is 0.134 e. The summed E-state index contributed by atoms with van der Waals surface area (Å²) in [5.41, 5.74) is 1.31. The second-order valence-corrected chi connectivity index (χ2v) is 5.33. The van der Waals surface area contributed by atoms with Gasteiger partial charge in [-0.2, -0.15) is 0 Å². The Bertz CT molecular complexity index is 495. The van der Waals surface area contributed by atoms with Gasteiger partial charge in [-0.1, -0.05) is 18.2 Å². The predicted molar refractivity (Wildman–Crippen MR) is 71.3 cm³/mol. The third kappa shape index (κ3) is 2.42. The smallest absolute Gasteiger partial charge is 0.134 e. The molecule has 0 unspecified atom stereocenters. The van der Waals surface area contributed by atoms with Crippen molar-refractivity contribution >= 4 is 11.0 Å². The van der Waals surface area contributed by atoms with Gasteiger partial charge in [0.15, 0.2) is 0 Å². The molecule has 0 atom stereocenters. The Balaban J connectivity index is 1.57. The molecule has 0 aliphatic heterocycles. The van der Waals surface area contributed by atoms with Crippen molar-refractivity contribution in [2.24, 2.45) is 5.41 Å². The molecule has 18 heavy (non-hydrogen) atoms. The van der Waals surface area contributed by atoms with Crippen molar-refractivity contribution in [3.8, 4) is 0 Å². The van der Waals surface area contributed by atoms with Crippen LogP contribution in [0.15, 0.2) is 34.7 Å². The van der Waals surface area contributed by atoms with Gasteiger partial charge >= 0.3 is 0 Å². The van der Waals surface area contributed by atoms with Crippen LogP contribution in [-0.4, -0.2) is 18.3 Å². The van der Waals surface area contributed by atoms with E-state index in [1.807, 2.05) is 18.2 Å². The van der Waals surface area contributed by atoms with Crippen LogP contribution in [0.25, 0.3) is 11.0 Å². The number of aliphatic hydroxyl groups excluding tert-OH is 1. The van der Waals surface area contributed by atoms with Crippen molar-refractivity contribution in [3.63, 3.8) is 0 Å². The largest absolute Gasteiger partial charge is 0.460 e. The van der Waals surface area contributed by atoms with Gasteiger partial charge in [0.25, 0.3) is 0 Å². The van der Waals surface area contributed by atoms with Crippen molar-refractivity contribution in [1.29, 1.82) is 0 Å². The summed E-state index contributed by atoms with van der Waals surface area (Å²) in [5.74, 6) is 0.982. The number of hydrogen-bond donors (Lipinski definition) is 2. The molecule has 3 nitrogen and oxygen atoms in total. The first kappa shape index (κ1) is 11.8. The van der Waals surface area contributed by atoms with E-state index in [1.54, 1.807) is 0 Å². The summed E-state index contributed by atoms with van der Waals surface area (Å²) in [6.07, 6.45) is 3.39. The maximum absolute atomic E-state index is 9.01. The molecule has 1 aliphatic rings. The van der Waals surface area contributed by atoms with E-state index in [9.17, 15) is 0 Å². The van der Waals surface area contributed by atoms with Gasteiger partial charge in [-0.05, 0) is 36.8 Å². The summed E-state index contributed by atoms with van der Waals surface area (Å²) in [7, 11) is 0. The van der Waals surface area contributed by atoms with Crippen LogP contribution in [0.1, 0.15) is 25.0 Å². The topological polar surface area (TPSA) is 45.4 Å². The van der Waals surface area contributed by atoms with Gasteiger partial charge < -0.3 is 14.8 Å². The lowest BCUT2D eigenvalue weighted by Crippen LogP contribution is -2.24. The van der Waals surface area contributed by atoms with E-state index in [2.05, 4.69) is 17.4 Å². The van der Waals surface area contributed by atoms with Crippen LogP contribution in [-0.2, 0) is 6.54 Å². The molecule has 1 fully saturated rings. The van der Waals surface area contributed by atoms with Crippen LogP contribution in [0.4, 0.5) is 0 Å². The molecule has 0 bridgehead atoms. The van der Waals surface area contributed by atoms with E-state index in [4.69, 9.17) is 9.52 Å². The normalized spacial score (nSPS) is 17.2. The quantitative estimate of drug-likeness (QED) is 0.822. The first-order valence-corrected chi connectivity index (χ1v) is 6.60. The fourth-order valence-electron chi connectivity index (χ4n) is 2.50. The molecular weight excluding hydrogens is 226 g/mol. The molecular formula is C15H19NO2. The highest BCUT2D eigenvalue weighted by Gasteiger charge is 2.41. The third-order valence-corrected chi connectivity index (χ3v) is 3.88. The second-order valence-electron chi connectivity index (χ2n) is 5.33. The highest BCUT2D eigenvalue weighted by atomic mass is 16.3. The highest BCUT2D eigenvalue weighted by Crippen LogP contribution is 2.47. The highest BCUT2D eigenvalue weighted by molar-refractivity contribution is 5.77. The average Bonchev–Trinajstić information content (AvgIpc) is 3.01. The van der Waals surface area contributed by atoms with Crippen molar-refractivity contribution in [3.05, 3.63) is 36.1 Å². The number of furan rings is 1. The Labute approximate surface area is 107 Å². The van der Waals surface area contributed by atoms with Crippen LogP contribution >= 0.6 is 0 Å². The van der Waals surface area contributed by atoms with E-state index >= 15 is 0 Å². The Morgan fingerprint density at radius 3 is 2.83 bits per heavy atom. The van der Waals surface area contributed by atoms with Crippen LogP contribution in [0.5, 0.6) is 0 Å². The number of hydrogen-bond acceptors (Lipinski definition) is 3. The molecule has 2 aromatic rings. The first-order chi connectivity index (χ1) is 8.81. The van der Waals surface area contributed by atoms with E-state index in [-0.39, 0.29) is 0 Å². The molecule has 0 radical (unpaired) electrons. The van der Waals surface area contributed by atoms with E-state index in [1.165, 1.54) is 12.8 Å². The average molecular weight is 245 g/mol. The summed E-state index contributed by atoms with van der Waals surface area (Å²) in [5, 5.41) is 13.6. The van der Waals surface area contributed by atoms with Gasteiger partial charge in [-0.25, -0.2) is 0 Å². The van der Waals surface area contributed by atoms with Crippen molar-refractivity contribution < 1.29 is 9.52 Å². The van der Waals surface area contributed by atoms with Crippen LogP contribution in [0.2, 0.25) is 0 Å². The van der Waals surface area contributed by atoms with Crippen LogP contribution in [0, 0.1) is 5.41 Å². The first-order valence-electron chi connectivity index (χ1n) is 6.60. The summed E-state index contributed by atoms with van der Waals surface area (Å²) in [6, 6.07) is 10.2. The number of rotatable bonds is 6. The SMILES string of the molecule is OCCC1(CNCc2cc3ccccc3o2)CC1. The molecule has 0 spiro atoms. The molecule has 1 aromatic carbocycles. The molecule has 3 rings (SSSR count). The van der Waals surface area contributed by atoms with E-state index < -0.39 is 0 Å². The fourth-order valence-corrected chi connectivity index (χ4v) is 2.50. The zero-order chi connectivity index (χ0) is 12.4. The summed E-state index contributed by atoms with van der Waals surface area (Å²) in [6.45, 7) is 2.04. The fraction of sp³-hybridized carbons (Fsp3) is 0.467. The molecule has 96 valence electrons. The van der Waals surface area contributed by atoms with Gasteiger partial charge in [-0.15, -0.1) is 0 Å². The predicted octanol–water partition coefficient (Wildman–Crippen LogP) is 2.69. The molecule has 1 heterocycles. The van der Waals surface area contributed by atoms with Gasteiger partial charge in [0.2, 0.25) is 0 Å². The zero-order valence-corrected chi connectivity index (χ0v) is 10.5. The Hall–Kier alpha value is -1.32. The Morgan fingerprint density at radius 2 is 2.11 bits per heavy atom. The number of nitrogens with one attached hydrogen (secondary N) is 1. The Kier molecular flexibility index (Phi) is 3.10. The van der Waals surface area contributed by atoms with Gasteiger partial charge in [0.05, 0.1) is 6.54 Å². The number of benzene rings is 1. The molecule has 2 N–H and O–H groups in total. The minimum Gasteiger partial charge on any atom is -0.460 e. The third-order valence-electron chi connectivity index (χ3n) is 3.88. The molecule has 1 aromatic heterocycles. The number of aliphatic hydroxyl groups is 1. The second kappa shape index (κ2) is 4.75. The molecule has 1 saturated carbocycles. The molecule has 1 aliphatic carbocycles. The Morgan fingerprint density at radius 1 is 1.28 bits per heavy atom. The van der Waals surface area contributed by atoms with E-state index in [0.717, 1.165) is 36.2 Å². The zero-order valence-electron chi connectivity index (χ0n) is 10.5. The molecule has 0 saturated heterocycles. The van der Waals surface area contributed by atoms with Crippen LogP contribution < -0.4 is 5.32 Å². The summed E-state index contributed by atoms with van der Waals surface area (Å²) >= 11 is 0.